The van der Waals surface area contributed by atoms with Crippen molar-refractivity contribution in [1.29, 1.82) is 5.26 Å². The van der Waals surface area contributed by atoms with E-state index >= 15 is 0 Å². The van der Waals surface area contributed by atoms with Gasteiger partial charge in [-0.3, -0.25) is 0 Å². The summed E-state index contributed by atoms with van der Waals surface area (Å²) in [7, 11) is 1.88. The van der Waals surface area contributed by atoms with Crippen LogP contribution in [0.5, 0.6) is 0 Å². The van der Waals surface area contributed by atoms with E-state index in [1.54, 1.807) is 11.8 Å². The maximum absolute atomic E-state index is 9.37. The SMILES string of the molecule is CNC(C#N)(CSc1cccc(Cl)c1)C1CC1. The summed E-state index contributed by atoms with van der Waals surface area (Å²) < 4.78 is 0. The van der Waals surface area contributed by atoms with Crippen molar-refractivity contribution in [2.24, 2.45) is 5.92 Å². The highest BCUT2D eigenvalue weighted by molar-refractivity contribution is 7.99. The normalized spacial score (nSPS) is 18.4. The molecule has 0 saturated heterocycles. The Morgan fingerprint density at radius 3 is 2.88 bits per heavy atom. The first-order valence-corrected chi connectivity index (χ1v) is 7.05. The molecular formula is C13H15ClN2S. The molecule has 0 aromatic heterocycles. The van der Waals surface area contributed by atoms with Gasteiger partial charge < -0.3 is 5.32 Å². The predicted octanol–water partition coefficient (Wildman–Crippen LogP) is 3.32. The lowest BCUT2D eigenvalue weighted by atomic mass is 9.98. The Hall–Kier alpha value is -0.690. The summed E-state index contributed by atoms with van der Waals surface area (Å²) in [4.78, 5) is 1.12. The van der Waals surface area contributed by atoms with Crippen LogP contribution < -0.4 is 5.32 Å². The first-order chi connectivity index (χ1) is 8.20. The third kappa shape index (κ3) is 2.95. The number of hydrogen-bond acceptors (Lipinski definition) is 3. The quantitative estimate of drug-likeness (QED) is 0.831. The summed E-state index contributed by atoms with van der Waals surface area (Å²) in [5, 5.41) is 13.3. The lowest BCUT2D eigenvalue weighted by molar-refractivity contribution is 0.441. The Labute approximate surface area is 111 Å². The van der Waals surface area contributed by atoms with Crippen molar-refractivity contribution in [3.8, 4) is 6.07 Å². The number of halogens is 1. The average Bonchev–Trinajstić information content (AvgIpc) is 3.16. The molecule has 0 spiro atoms. The van der Waals surface area contributed by atoms with E-state index in [4.69, 9.17) is 11.6 Å². The zero-order chi connectivity index (χ0) is 12.3. The lowest BCUT2D eigenvalue weighted by Crippen LogP contribution is -2.46. The second kappa shape index (κ2) is 5.30. The minimum absolute atomic E-state index is 0.382. The summed E-state index contributed by atoms with van der Waals surface area (Å²) >= 11 is 7.63. The molecule has 1 atom stereocenters. The highest BCUT2D eigenvalue weighted by Gasteiger charge is 2.44. The molecule has 0 radical (unpaired) electrons. The van der Waals surface area contributed by atoms with Crippen LogP contribution >= 0.6 is 23.4 Å². The molecule has 17 heavy (non-hydrogen) atoms. The molecule has 90 valence electrons. The van der Waals surface area contributed by atoms with Crippen molar-refractivity contribution in [2.45, 2.75) is 23.3 Å². The van der Waals surface area contributed by atoms with Gasteiger partial charge >= 0.3 is 0 Å². The van der Waals surface area contributed by atoms with Crippen molar-refractivity contribution >= 4 is 23.4 Å². The van der Waals surface area contributed by atoms with Gasteiger partial charge in [-0.2, -0.15) is 5.26 Å². The summed E-state index contributed by atoms with van der Waals surface area (Å²) in [6.45, 7) is 0. The van der Waals surface area contributed by atoms with Gasteiger partial charge in [0.25, 0.3) is 0 Å². The maximum Gasteiger partial charge on any atom is 0.118 e. The van der Waals surface area contributed by atoms with Gasteiger partial charge in [0.05, 0.1) is 6.07 Å². The molecule has 1 N–H and O–H groups in total. The number of nitrogens with one attached hydrogen (secondary N) is 1. The maximum atomic E-state index is 9.37. The van der Waals surface area contributed by atoms with Crippen molar-refractivity contribution in [3.05, 3.63) is 29.3 Å². The van der Waals surface area contributed by atoms with Crippen molar-refractivity contribution in [1.82, 2.24) is 5.32 Å². The largest absolute Gasteiger partial charge is 0.302 e. The topological polar surface area (TPSA) is 35.8 Å². The van der Waals surface area contributed by atoms with E-state index in [9.17, 15) is 5.26 Å². The predicted molar refractivity (Wildman–Crippen MR) is 72.3 cm³/mol. The number of nitrogens with zero attached hydrogens (tertiary/aromatic N) is 1. The molecule has 0 heterocycles. The molecule has 0 bridgehead atoms. The molecular weight excluding hydrogens is 252 g/mol. The number of hydrogen-bond donors (Lipinski definition) is 1. The van der Waals surface area contributed by atoms with Crippen LogP contribution in [0.3, 0.4) is 0 Å². The molecule has 2 rings (SSSR count). The van der Waals surface area contributed by atoms with E-state index in [0.717, 1.165) is 28.5 Å². The molecule has 1 unspecified atom stereocenters. The van der Waals surface area contributed by atoms with Crippen LogP contribution in [-0.4, -0.2) is 18.3 Å². The van der Waals surface area contributed by atoms with Crippen molar-refractivity contribution in [3.63, 3.8) is 0 Å². The number of thioether (sulfide) groups is 1. The van der Waals surface area contributed by atoms with Gasteiger partial charge in [0, 0.05) is 15.7 Å². The molecule has 1 aliphatic rings. The molecule has 0 amide bonds. The fourth-order valence-electron chi connectivity index (χ4n) is 1.90. The second-order valence-electron chi connectivity index (χ2n) is 4.35. The van der Waals surface area contributed by atoms with Crippen molar-refractivity contribution in [2.75, 3.05) is 12.8 Å². The number of nitriles is 1. The van der Waals surface area contributed by atoms with Crippen LogP contribution in [0.2, 0.25) is 5.02 Å². The molecule has 4 heteroatoms. The first kappa shape index (κ1) is 12.8. The van der Waals surface area contributed by atoms with E-state index in [-0.39, 0.29) is 5.54 Å². The van der Waals surface area contributed by atoms with E-state index in [2.05, 4.69) is 11.4 Å². The van der Waals surface area contributed by atoms with Crippen LogP contribution in [0, 0.1) is 17.2 Å². The van der Waals surface area contributed by atoms with Crippen molar-refractivity contribution < 1.29 is 0 Å². The highest BCUT2D eigenvalue weighted by Crippen LogP contribution is 2.42. The summed E-state index contributed by atoms with van der Waals surface area (Å²) in [5.74, 6) is 1.27. The average molecular weight is 267 g/mol. The van der Waals surface area contributed by atoms with E-state index in [1.165, 1.54) is 0 Å². The Balaban J connectivity index is 2.03. The minimum Gasteiger partial charge on any atom is -0.302 e. The van der Waals surface area contributed by atoms with Crippen LogP contribution in [0.25, 0.3) is 0 Å². The van der Waals surface area contributed by atoms with Crippen LogP contribution in [0.15, 0.2) is 29.2 Å². The zero-order valence-electron chi connectivity index (χ0n) is 9.74. The summed E-state index contributed by atoms with van der Waals surface area (Å²) in [6, 6.07) is 10.2. The van der Waals surface area contributed by atoms with Gasteiger partial charge in [0.15, 0.2) is 0 Å². The minimum atomic E-state index is -0.382. The molecule has 2 nitrogen and oxygen atoms in total. The summed E-state index contributed by atoms with van der Waals surface area (Å²) in [6.07, 6.45) is 2.31. The molecule has 1 aliphatic carbocycles. The number of rotatable bonds is 5. The standard InChI is InChI=1S/C13H15ClN2S/c1-16-13(8-15,10-5-6-10)9-17-12-4-2-3-11(14)7-12/h2-4,7,10,16H,5-6,9H2,1H3. The number of benzene rings is 1. The second-order valence-corrected chi connectivity index (χ2v) is 5.84. The van der Waals surface area contributed by atoms with E-state index in [0.29, 0.717) is 5.92 Å². The van der Waals surface area contributed by atoms with Gasteiger partial charge in [0.1, 0.15) is 5.54 Å². The van der Waals surface area contributed by atoms with E-state index in [1.807, 2.05) is 31.3 Å². The van der Waals surface area contributed by atoms with Crippen LogP contribution in [0.4, 0.5) is 0 Å². The molecule has 0 aliphatic heterocycles. The van der Waals surface area contributed by atoms with Gasteiger partial charge in [-0.15, -0.1) is 11.8 Å². The fourth-order valence-corrected chi connectivity index (χ4v) is 3.38. The molecule has 1 fully saturated rings. The Kier molecular flexibility index (Phi) is 3.98. The Bertz CT molecular complexity index is 439. The van der Waals surface area contributed by atoms with Crippen LogP contribution in [0.1, 0.15) is 12.8 Å². The van der Waals surface area contributed by atoms with Gasteiger partial charge in [0.2, 0.25) is 0 Å². The monoisotopic (exact) mass is 266 g/mol. The third-order valence-electron chi connectivity index (χ3n) is 3.18. The van der Waals surface area contributed by atoms with Gasteiger partial charge in [-0.05, 0) is 44.0 Å². The fraction of sp³-hybridized carbons (Fsp3) is 0.462. The lowest BCUT2D eigenvalue weighted by Gasteiger charge is -2.25. The van der Waals surface area contributed by atoms with Gasteiger partial charge in [-0.1, -0.05) is 17.7 Å². The smallest absolute Gasteiger partial charge is 0.118 e. The van der Waals surface area contributed by atoms with E-state index < -0.39 is 0 Å². The molecule has 1 aromatic carbocycles. The first-order valence-electron chi connectivity index (χ1n) is 5.69. The van der Waals surface area contributed by atoms with Gasteiger partial charge in [-0.25, -0.2) is 0 Å². The highest BCUT2D eigenvalue weighted by atomic mass is 35.5. The molecule has 1 aromatic rings. The Morgan fingerprint density at radius 2 is 2.35 bits per heavy atom. The summed E-state index contributed by atoms with van der Waals surface area (Å²) in [5.41, 5.74) is -0.382. The Morgan fingerprint density at radius 1 is 1.59 bits per heavy atom. The van der Waals surface area contributed by atoms with Crippen LogP contribution in [-0.2, 0) is 0 Å². The third-order valence-corrected chi connectivity index (χ3v) is 4.60. The molecule has 1 saturated carbocycles. The zero-order valence-corrected chi connectivity index (χ0v) is 11.3.